The summed E-state index contributed by atoms with van der Waals surface area (Å²) < 4.78 is 108. The average Bonchev–Trinajstić information content (AvgIpc) is 2.34. The van der Waals surface area contributed by atoms with Gasteiger partial charge in [-0.05, 0) is 0 Å². The molecule has 0 aromatic rings. The van der Waals surface area contributed by atoms with Gasteiger partial charge in [-0.15, -0.1) is 0 Å². The normalized spacial score (nSPS) is 11.3. The van der Waals surface area contributed by atoms with Gasteiger partial charge < -0.3 is 21.9 Å². The standard InChI is InChI=1S/4C2H6O4S.Na.H/c4*3-1-2-7(4,5)6;;/h4*3H,1-2H2,(H,4,5,6);;/q;;;;+1;-1. The van der Waals surface area contributed by atoms with Crippen molar-refractivity contribution < 1.29 is 103 Å². The van der Waals surface area contributed by atoms with Crippen LogP contribution in [0.3, 0.4) is 0 Å². The maximum Gasteiger partial charge on any atom is 1.00 e. The first-order valence-electron chi connectivity index (χ1n) is 6.48. The van der Waals surface area contributed by atoms with Gasteiger partial charge in [0, 0.05) is 0 Å². The predicted molar refractivity (Wildman–Crippen MR) is 95.1 cm³/mol. The molecule has 0 aromatic heterocycles. The van der Waals surface area contributed by atoms with Crippen LogP contribution in [0.5, 0.6) is 0 Å². The van der Waals surface area contributed by atoms with Crippen LogP contribution in [0, 0.1) is 0 Å². The van der Waals surface area contributed by atoms with Crippen molar-refractivity contribution in [2.75, 3.05) is 49.4 Å². The first-order chi connectivity index (χ1) is 12.2. The molecule has 16 nitrogen and oxygen atoms in total. The predicted octanol–water partition coefficient (Wildman–Crippen LogP) is -7.42. The van der Waals surface area contributed by atoms with Gasteiger partial charge in [0.15, 0.2) is 0 Å². The van der Waals surface area contributed by atoms with E-state index in [-0.39, 0.29) is 31.0 Å². The van der Waals surface area contributed by atoms with Gasteiger partial charge in [0.1, 0.15) is 0 Å². The zero-order valence-corrected chi connectivity index (χ0v) is 20.4. The van der Waals surface area contributed by atoms with Gasteiger partial charge in [0.25, 0.3) is 40.5 Å². The molecule has 29 heavy (non-hydrogen) atoms. The van der Waals surface area contributed by atoms with E-state index in [9.17, 15) is 33.7 Å². The Labute approximate surface area is 192 Å². The summed E-state index contributed by atoms with van der Waals surface area (Å²) in [5.74, 6) is -2.31. The zero-order valence-electron chi connectivity index (χ0n) is 16.1. The third kappa shape index (κ3) is 73.5. The molecule has 0 unspecified atom stereocenters. The van der Waals surface area contributed by atoms with E-state index < -0.39 is 89.9 Å². The molecule has 0 aliphatic rings. The van der Waals surface area contributed by atoms with E-state index >= 15 is 0 Å². The molecule has 0 rings (SSSR count). The average molecular weight is 529 g/mol. The number of hydrogen-bond acceptors (Lipinski definition) is 12. The summed E-state index contributed by atoms with van der Waals surface area (Å²) in [6.07, 6.45) is 0. The minimum Gasteiger partial charge on any atom is -1.00 e. The van der Waals surface area contributed by atoms with E-state index in [1.165, 1.54) is 0 Å². The Morgan fingerprint density at radius 2 is 0.517 bits per heavy atom. The van der Waals surface area contributed by atoms with Crippen LogP contribution in [0.4, 0.5) is 0 Å². The van der Waals surface area contributed by atoms with Crippen LogP contribution in [0.25, 0.3) is 0 Å². The van der Waals surface area contributed by atoms with E-state index in [1.807, 2.05) is 0 Å². The third-order valence-electron chi connectivity index (χ3n) is 1.40. The van der Waals surface area contributed by atoms with Crippen molar-refractivity contribution in [2.45, 2.75) is 0 Å². The van der Waals surface area contributed by atoms with Crippen LogP contribution in [-0.2, 0) is 40.5 Å². The maximum absolute atomic E-state index is 9.63. The second-order valence-electron chi connectivity index (χ2n) is 4.04. The summed E-state index contributed by atoms with van der Waals surface area (Å²) in [7, 11) is -15.7. The molecule has 0 spiro atoms. The summed E-state index contributed by atoms with van der Waals surface area (Å²) in [4.78, 5) is 0. The van der Waals surface area contributed by atoms with Gasteiger partial charge in [-0.2, -0.15) is 33.7 Å². The first-order valence-corrected chi connectivity index (χ1v) is 12.9. The van der Waals surface area contributed by atoms with Crippen molar-refractivity contribution in [1.29, 1.82) is 0 Å². The molecule has 0 bridgehead atoms. The van der Waals surface area contributed by atoms with Gasteiger partial charge in [-0.1, -0.05) is 0 Å². The van der Waals surface area contributed by atoms with Gasteiger partial charge in [0.2, 0.25) is 0 Å². The first kappa shape index (κ1) is 39.9. The molecule has 0 aromatic carbocycles. The molecule has 8 N–H and O–H groups in total. The molecular formula is C8H25NaO16S4. The fraction of sp³-hybridized carbons (Fsp3) is 1.00. The maximum atomic E-state index is 9.63. The second-order valence-corrected chi connectivity index (χ2v) is 10.3. The van der Waals surface area contributed by atoms with Gasteiger partial charge in [0.05, 0.1) is 49.4 Å². The van der Waals surface area contributed by atoms with Crippen molar-refractivity contribution in [1.82, 2.24) is 0 Å². The Hall–Kier alpha value is 0.480. The van der Waals surface area contributed by atoms with Gasteiger partial charge in [-0.25, -0.2) is 0 Å². The number of aliphatic hydroxyl groups is 4. The SMILES string of the molecule is O=S(=O)(O)CCO.O=S(=O)(O)CCO.O=S(=O)(O)CCO.O=S(=O)(O)CCO.[H-].[Na+]. The number of aliphatic hydroxyl groups excluding tert-OH is 4. The minimum absolute atomic E-state index is 0. The summed E-state index contributed by atoms with van der Waals surface area (Å²) >= 11 is 0. The van der Waals surface area contributed by atoms with Crippen LogP contribution in [0.15, 0.2) is 0 Å². The number of rotatable bonds is 8. The Morgan fingerprint density at radius 1 is 0.414 bits per heavy atom. The summed E-state index contributed by atoms with van der Waals surface area (Å²) in [5, 5.41) is 31.5. The molecule has 0 aliphatic heterocycles. The van der Waals surface area contributed by atoms with E-state index in [1.54, 1.807) is 0 Å². The molecule has 0 atom stereocenters. The van der Waals surface area contributed by atoms with E-state index in [0.717, 1.165) is 0 Å². The monoisotopic (exact) mass is 528 g/mol. The van der Waals surface area contributed by atoms with Crippen LogP contribution in [-0.4, -0.2) is 122 Å². The van der Waals surface area contributed by atoms with Crippen molar-refractivity contribution in [3.63, 3.8) is 0 Å². The second kappa shape index (κ2) is 20.4. The van der Waals surface area contributed by atoms with E-state index in [4.69, 9.17) is 38.6 Å². The smallest absolute Gasteiger partial charge is 1.00 e. The Balaban J connectivity index is -0.0000000626. The summed E-state index contributed by atoms with van der Waals surface area (Å²) in [6.45, 7) is -2.12. The Bertz CT molecular complexity index is 639. The van der Waals surface area contributed by atoms with Crippen LogP contribution >= 0.6 is 0 Å². The van der Waals surface area contributed by atoms with Crippen LogP contribution in [0.1, 0.15) is 1.43 Å². The molecule has 178 valence electrons. The molecule has 0 saturated carbocycles. The molecule has 0 radical (unpaired) electrons. The van der Waals surface area contributed by atoms with E-state index in [2.05, 4.69) is 0 Å². The van der Waals surface area contributed by atoms with Crippen molar-refractivity contribution in [2.24, 2.45) is 0 Å². The molecular weight excluding hydrogens is 503 g/mol. The minimum atomic E-state index is -3.92. The van der Waals surface area contributed by atoms with Gasteiger partial charge >= 0.3 is 29.6 Å². The Kier molecular flexibility index (Phi) is 28.0. The number of hydrogen-bond donors (Lipinski definition) is 8. The Morgan fingerprint density at radius 3 is 0.517 bits per heavy atom. The summed E-state index contributed by atoms with van der Waals surface area (Å²) in [6, 6.07) is 0. The molecule has 0 saturated heterocycles. The fourth-order valence-corrected chi connectivity index (χ4v) is 1.38. The molecule has 0 heterocycles. The van der Waals surface area contributed by atoms with Crippen LogP contribution in [0.2, 0.25) is 0 Å². The van der Waals surface area contributed by atoms with Crippen molar-refractivity contribution in [3.05, 3.63) is 0 Å². The van der Waals surface area contributed by atoms with Crippen LogP contribution < -0.4 is 29.6 Å². The molecule has 0 amide bonds. The fourth-order valence-electron chi connectivity index (χ4n) is 0.461. The van der Waals surface area contributed by atoms with Crippen molar-refractivity contribution in [3.8, 4) is 0 Å². The third-order valence-corrected chi connectivity index (χ3v) is 4.19. The molecule has 0 fully saturated rings. The molecule has 0 aliphatic carbocycles. The topological polar surface area (TPSA) is 298 Å². The van der Waals surface area contributed by atoms with E-state index in [0.29, 0.717) is 0 Å². The zero-order chi connectivity index (χ0) is 23.7. The largest absolute Gasteiger partial charge is 1.00 e. The quantitative estimate of drug-likeness (QED) is 0.107. The molecule has 21 heteroatoms. The van der Waals surface area contributed by atoms with Crippen molar-refractivity contribution >= 4 is 40.5 Å². The van der Waals surface area contributed by atoms with Gasteiger partial charge in [-0.3, -0.25) is 18.2 Å². The summed E-state index contributed by atoms with van der Waals surface area (Å²) in [5.41, 5.74) is 0.